The van der Waals surface area contributed by atoms with Gasteiger partial charge in [-0.3, -0.25) is 4.79 Å². The number of aryl methyl sites for hydroxylation is 1. The van der Waals surface area contributed by atoms with Crippen molar-refractivity contribution in [2.24, 2.45) is 5.73 Å². The maximum atomic E-state index is 11.8. The van der Waals surface area contributed by atoms with Crippen LogP contribution < -0.4 is 11.2 Å². The van der Waals surface area contributed by atoms with Gasteiger partial charge in [0, 0.05) is 18.6 Å². The van der Waals surface area contributed by atoms with Gasteiger partial charge in [0.1, 0.15) is 6.04 Å². The Kier molecular flexibility index (Phi) is 9.15. The van der Waals surface area contributed by atoms with Gasteiger partial charge >= 0.3 is 5.97 Å². The van der Waals surface area contributed by atoms with Gasteiger partial charge < -0.3 is 10.8 Å². The zero-order valence-corrected chi connectivity index (χ0v) is 20.8. The van der Waals surface area contributed by atoms with Gasteiger partial charge in [-0.1, -0.05) is 60.2 Å². The Morgan fingerprint density at radius 2 is 1.88 bits per heavy atom. The quantitative estimate of drug-likeness (QED) is 0.451. The minimum absolute atomic E-state index is 0.359. The summed E-state index contributed by atoms with van der Waals surface area (Å²) in [5.74, 6) is 0.0165. The van der Waals surface area contributed by atoms with Gasteiger partial charge in [0.2, 0.25) is 0 Å². The monoisotopic (exact) mass is 467 g/mol. The van der Waals surface area contributed by atoms with Crippen LogP contribution in [0.4, 0.5) is 0 Å². The highest BCUT2D eigenvalue weighted by Crippen LogP contribution is 2.33. The van der Waals surface area contributed by atoms with Crippen molar-refractivity contribution in [1.29, 1.82) is 0 Å². The molecule has 1 unspecified atom stereocenters. The van der Waals surface area contributed by atoms with Crippen LogP contribution in [-0.2, 0) is 11.2 Å². The van der Waals surface area contributed by atoms with E-state index < -0.39 is 12.0 Å². The third-order valence-electron chi connectivity index (χ3n) is 6.24. The zero-order valence-electron chi connectivity index (χ0n) is 20.0. The Bertz CT molecular complexity index is 959. The van der Waals surface area contributed by atoms with Gasteiger partial charge in [0.25, 0.3) is 0 Å². The number of nitrogens with one attached hydrogen (secondary N) is 1. The Morgan fingerprint density at radius 3 is 2.55 bits per heavy atom. The Balaban J connectivity index is 1.84. The average Bonchev–Trinajstić information content (AvgIpc) is 2.78. The predicted molar refractivity (Wildman–Crippen MR) is 139 cm³/mol. The number of thioether (sulfide) groups is 1. The smallest absolute Gasteiger partial charge is 0.322 e. The zero-order chi connectivity index (χ0) is 23.8. The van der Waals surface area contributed by atoms with Crippen molar-refractivity contribution < 1.29 is 9.90 Å². The van der Waals surface area contributed by atoms with Gasteiger partial charge in [-0.25, -0.2) is 10.4 Å². The molecule has 0 radical (unpaired) electrons. The molecule has 1 aliphatic heterocycles. The molecule has 0 fully saturated rings. The first kappa shape index (κ1) is 25.5. The van der Waals surface area contributed by atoms with Crippen LogP contribution in [-0.4, -0.2) is 52.8 Å². The van der Waals surface area contributed by atoms with Crippen molar-refractivity contribution in [2.45, 2.75) is 51.1 Å². The molecule has 1 heterocycles. The molecule has 4 N–H and O–H groups in total. The van der Waals surface area contributed by atoms with Crippen molar-refractivity contribution in [2.75, 3.05) is 25.1 Å². The van der Waals surface area contributed by atoms with Gasteiger partial charge in [0.15, 0.2) is 0 Å². The van der Waals surface area contributed by atoms with Gasteiger partial charge in [-0.15, -0.1) is 0 Å². The molecule has 1 aliphatic rings. The average molecular weight is 468 g/mol. The van der Waals surface area contributed by atoms with E-state index in [0.29, 0.717) is 13.0 Å². The molecular formula is C27H37N3O2S. The molecule has 2 aromatic carbocycles. The van der Waals surface area contributed by atoms with E-state index in [0.717, 1.165) is 31.6 Å². The van der Waals surface area contributed by atoms with Crippen LogP contribution in [0.25, 0.3) is 5.57 Å². The lowest BCUT2D eigenvalue weighted by Crippen LogP contribution is -2.51. The lowest BCUT2D eigenvalue weighted by atomic mass is 9.81. The van der Waals surface area contributed by atoms with E-state index >= 15 is 0 Å². The van der Waals surface area contributed by atoms with Crippen LogP contribution in [0.2, 0.25) is 0 Å². The number of carboxylic acid groups (broad SMARTS) is 1. The highest BCUT2D eigenvalue weighted by atomic mass is 32.2. The molecule has 178 valence electrons. The van der Waals surface area contributed by atoms with Crippen LogP contribution in [0.3, 0.4) is 0 Å². The van der Waals surface area contributed by atoms with E-state index in [9.17, 15) is 9.90 Å². The number of carbonyl (C=O) groups is 1. The lowest BCUT2D eigenvalue weighted by Gasteiger charge is -2.36. The number of nitrogens with zero attached hydrogens (tertiary/aromatic N) is 1. The molecule has 0 aliphatic carbocycles. The van der Waals surface area contributed by atoms with E-state index in [4.69, 9.17) is 5.73 Å². The normalized spacial score (nSPS) is 17.6. The molecule has 6 heteroatoms. The number of nitrogens with two attached hydrogens (primary N) is 1. The summed E-state index contributed by atoms with van der Waals surface area (Å²) in [4.78, 5) is 11.8. The molecule has 3 rings (SSSR count). The first-order valence-corrected chi connectivity index (χ1v) is 13.0. The third kappa shape index (κ3) is 7.44. The summed E-state index contributed by atoms with van der Waals surface area (Å²) in [5, 5.41) is 11.8. The number of hydrazine groups is 1. The fraction of sp³-hybridized carbons (Fsp3) is 0.444. The molecule has 0 spiro atoms. The van der Waals surface area contributed by atoms with Crippen LogP contribution in [0.1, 0.15) is 42.9 Å². The first-order chi connectivity index (χ1) is 15.8. The molecule has 2 atom stereocenters. The second kappa shape index (κ2) is 11.8. The standard InChI is InChI=1S/C27H37N3O2S/c1-20-9-7-8-12-23(20)24-19-30(29-25(26(31)32)14-16-33-3)15-13-22(24)18-27(2,28)17-21-10-5-4-6-11-21/h4-12,25,29H,13-19,28H2,1-3H3,(H,31,32)/t25-,27?/m0/s1. The predicted octanol–water partition coefficient (Wildman–Crippen LogP) is 4.52. The number of carboxylic acids is 1. The SMILES string of the molecule is CSCC[C@H](NN1CCC(CC(C)(N)Cc2ccccc2)=C(c2ccccc2C)C1)C(=O)O. The van der Waals surface area contributed by atoms with Crippen molar-refractivity contribution in [3.8, 4) is 0 Å². The van der Waals surface area contributed by atoms with E-state index in [1.165, 1.54) is 27.8 Å². The minimum Gasteiger partial charge on any atom is -0.480 e. The van der Waals surface area contributed by atoms with Crippen molar-refractivity contribution in [1.82, 2.24) is 10.4 Å². The van der Waals surface area contributed by atoms with E-state index in [1.54, 1.807) is 11.8 Å². The Labute approximate surface area is 202 Å². The fourth-order valence-electron chi connectivity index (χ4n) is 4.61. The number of hydrogen-bond donors (Lipinski definition) is 3. The largest absolute Gasteiger partial charge is 0.480 e. The Hall–Kier alpha value is -2.12. The first-order valence-electron chi connectivity index (χ1n) is 11.6. The molecule has 5 nitrogen and oxygen atoms in total. The molecule has 0 amide bonds. The van der Waals surface area contributed by atoms with Crippen molar-refractivity contribution in [3.05, 3.63) is 76.9 Å². The number of rotatable bonds is 11. The maximum absolute atomic E-state index is 11.8. The molecular weight excluding hydrogens is 430 g/mol. The van der Waals surface area contributed by atoms with E-state index in [-0.39, 0.29) is 5.54 Å². The van der Waals surface area contributed by atoms with Gasteiger partial charge in [-0.05, 0) is 73.8 Å². The van der Waals surface area contributed by atoms with Gasteiger partial charge in [0.05, 0.1) is 0 Å². The molecule has 33 heavy (non-hydrogen) atoms. The van der Waals surface area contributed by atoms with Crippen molar-refractivity contribution in [3.63, 3.8) is 0 Å². The summed E-state index contributed by atoms with van der Waals surface area (Å²) >= 11 is 1.67. The second-order valence-electron chi connectivity index (χ2n) is 9.36. The highest BCUT2D eigenvalue weighted by Gasteiger charge is 2.29. The summed E-state index contributed by atoms with van der Waals surface area (Å²) in [6.07, 6.45) is 5.10. The summed E-state index contributed by atoms with van der Waals surface area (Å²) in [5.41, 5.74) is 16.1. The lowest BCUT2D eigenvalue weighted by molar-refractivity contribution is -0.141. The Morgan fingerprint density at radius 1 is 1.18 bits per heavy atom. The summed E-state index contributed by atoms with van der Waals surface area (Å²) in [6.45, 7) is 5.71. The maximum Gasteiger partial charge on any atom is 0.322 e. The summed E-state index contributed by atoms with van der Waals surface area (Å²) < 4.78 is 0. The van der Waals surface area contributed by atoms with E-state index in [1.807, 2.05) is 12.3 Å². The molecule has 0 bridgehead atoms. The minimum atomic E-state index is -0.798. The van der Waals surface area contributed by atoms with Crippen LogP contribution >= 0.6 is 11.8 Å². The van der Waals surface area contributed by atoms with Crippen LogP contribution in [0.15, 0.2) is 60.2 Å². The van der Waals surface area contributed by atoms with Crippen molar-refractivity contribution >= 4 is 23.3 Å². The molecule has 0 saturated heterocycles. The number of benzene rings is 2. The summed E-state index contributed by atoms with van der Waals surface area (Å²) in [7, 11) is 0. The van der Waals surface area contributed by atoms with Gasteiger partial charge in [-0.2, -0.15) is 11.8 Å². The second-order valence-corrected chi connectivity index (χ2v) is 10.3. The topological polar surface area (TPSA) is 78.6 Å². The van der Waals surface area contributed by atoms with Crippen LogP contribution in [0.5, 0.6) is 0 Å². The van der Waals surface area contributed by atoms with Crippen LogP contribution in [0, 0.1) is 6.92 Å². The highest BCUT2D eigenvalue weighted by molar-refractivity contribution is 7.98. The molecule has 0 saturated carbocycles. The molecule has 0 aromatic heterocycles. The third-order valence-corrected chi connectivity index (χ3v) is 6.89. The number of aliphatic carboxylic acids is 1. The molecule has 2 aromatic rings. The number of hydrogen-bond acceptors (Lipinski definition) is 5. The summed E-state index contributed by atoms with van der Waals surface area (Å²) in [6, 6.07) is 18.3. The van der Waals surface area contributed by atoms with E-state index in [2.05, 4.69) is 72.8 Å². The fourth-order valence-corrected chi connectivity index (χ4v) is 5.08.